The van der Waals surface area contributed by atoms with Crippen molar-refractivity contribution >= 4 is 11.8 Å². The Morgan fingerprint density at radius 3 is 2.66 bits per heavy atom. The van der Waals surface area contributed by atoms with Crippen LogP contribution in [0, 0.1) is 12.8 Å². The minimum Gasteiger partial charge on any atom is -0.493 e. The minimum atomic E-state index is -0.304. The third kappa shape index (κ3) is 5.43. The third-order valence-electron chi connectivity index (χ3n) is 4.91. The first-order valence-corrected chi connectivity index (χ1v) is 9.71. The molecular formula is C21H26N4O4. The molecule has 1 aromatic carbocycles. The molecule has 1 aromatic heterocycles. The zero-order valence-electron chi connectivity index (χ0n) is 16.7. The van der Waals surface area contributed by atoms with Crippen molar-refractivity contribution in [2.45, 2.75) is 32.2 Å². The number of para-hydroxylation sites is 2. The highest BCUT2D eigenvalue weighted by molar-refractivity contribution is 5.92. The summed E-state index contributed by atoms with van der Waals surface area (Å²) < 4.78 is 10.9. The SMILES string of the molecule is COc1ccccc1OCCNC(=O)[C@H]1CCC[C@H]1NC(=O)c1cnc(C)cn1. The zero-order valence-corrected chi connectivity index (χ0v) is 16.7. The van der Waals surface area contributed by atoms with Gasteiger partial charge in [0, 0.05) is 12.2 Å². The van der Waals surface area contributed by atoms with Crippen LogP contribution in [0.2, 0.25) is 0 Å². The van der Waals surface area contributed by atoms with Gasteiger partial charge in [0.1, 0.15) is 12.3 Å². The Bertz CT molecular complexity index is 841. The van der Waals surface area contributed by atoms with E-state index >= 15 is 0 Å². The van der Waals surface area contributed by atoms with E-state index < -0.39 is 0 Å². The standard InChI is InChI=1S/C21H26N4O4/c1-14-12-24-17(13-23-14)21(27)25-16-7-5-6-15(16)20(26)22-10-11-29-19-9-4-3-8-18(19)28-2/h3-4,8-9,12-13,15-16H,5-7,10-11H2,1-2H3,(H,22,26)(H,25,27)/t15-,16+/m0/s1. The molecule has 0 saturated heterocycles. The summed E-state index contributed by atoms with van der Waals surface area (Å²) in [7, 11) is 1.58. The molecule has 1 aliphatic carbocycles. The lowest BCUT2D eigenvalue weighted by Crippen LogP contribution is -2.44. The van der Waals surface area contributed by atoms with Crippen molar-refractivity contribution in [3.05, 3.63) is 48.0 Å². The van der Waals surface area contributed by atoms with Gasteiger partial charge in [-0.25, -0.2) is 4.98 Å². The lowest BCUT2D eigenvalue weighted by molar-refractivity contribution is -0.125. The van der Waals surface area contributed by atoms with E-state index in [1.54, 1.807) is 13.3 Å². The second-order valence-electron chi connectivity index (χ2n) is 6.95. The number of hydrogen-bond donors (Lipinski definition) is 2. The summed E-state index contributed by atoms with van der Waals surface area (Å²) >= 11 is 0. The quantitative estimate of drug-likeness (QED) is 0.659. The normalized spacial score (nSPS) is 18.1. The van der Waals surface area contributed by atoms with Gasteiger partial charge in [0.15, 0.2) is 11.5 Å². The molecule has 0 aliphatic heterocycles. The van der Waals surface area contributed by atoms with Crippen molar-refractivity contribution in [2.75, 3.05) is 20.3 Å². The van der Waals surface area contributed by atoms with Gasteiger partial charge >= 0.3 is 0 Å². The highest BCUT2D eigenvalue weighted by Gasteiger charge is 2.34. The van der Waals surface area contributed by atoms with Crippen LogP contribution in [0.4, 0.5) is 0 Å². The number of nitrogens with zero attached hydrogens (tertiary/aromatic N) is 2. The van der Waals surface area contributed by atoms with Crippen LogP contribution in [0.15, 0.2) is 36.7 Å². The van der Waals surface area contributed by atoms with Gasteiger partial charge in [0.25, 0.3) is 5.91 Å². The van der Waals surface area contributed by atoms with Crippen molar-refractivity contribution in [1.29, 1.82) is 0 Å². The van der Waals surface area contributed by atoms with E-state index in [1.807, 2.05) is 31.2 Å². The van der Waals surface area contributed by atoms with Crippen LogP contribution in [0.25, 0.3) is 0 Å². The van der Waals surface area contributed by atoms with Gasteiger partial charge in [0.2, 0.25) is 5.91 Å². The number of ether oxygens (including phenoxy) is 2. The molecule has 8 nitrogen and oxygen atoms in total. The van der Waals surface area contributed by atoms with Crippen molar-refractivity contribution < 1.29 is 19.1 Å². The van der Waals surface area contributed by atoms with E-state index in [1.165, 1.54) is 6.20 Å². The minimum absolute atomic E-state index is 0.0774. The summed E-state index contributed by atoms with van der Waals surface area (Å²) in [5, 5.41) is 5.83. The molecule has 0 radical (unpaired) electrons. The molecule has 29 heavy (non-hydrogen) atoms. The van der Waals surface area contributed by atoms with Gasteiger partial charge in [-0.15, -0.1) is 0 Å². The van der Waals surface area contributed by atoms with E-state index in [-0.39, 0.29) is 29.5 Å². The summed E-state index contributed by atoms with van der Waals surface area (Å²) in [5.74, 6) is 0.641. The van der Waals surface area contributed by atoms with Gasteiger partial charge in [0.05, 0.1) is 31.5 Å². The smallest absolute Gasteiger partial charge is 0.271 e. The molecule has 2 N–H and O–H groups in total. The second kappa shape index (κ2) is 9.86. The van der Waals surface area contributed by atoms with Crippen LogP contribution < -0.4 is 20.1 Å². The van der Waals surface area contributed by atoms with Gasteiger partial charge in [-0.1, -0.05) is 18.6 Å². The molecule has 0 spiro atoms. The summed E-state index contributed by atoms with van der Waals surface area (Å²) in [5.41, 5.74) is 1.00. The number of methoxy groups -OCH3 is 1. The van der Waals surface area contributed by atoms with E-state index in [4.69, 9.17) is 9.47 Å². The fraction of sp³-hybridized carbons (Fsp3) is 0.429. The molecule has 2 aromatic rings. The molecule has 1 saturated carbocycles. The van der Waals surface area contributed by atoms with Crippen molar-refractivity contribution in [3.63, 3.8) is 0 Å². The maximum absolute atomic E-state index is 12.6. The molecule has 1 fully saturated rings. The van der Waals surface area contributed by atoms with Crippen molar-refractivity contribution in [3.8, 4) is 11.5 Å². The zero-order chi connectivity index (χ0) is 20.6. The molecule has 1 aliphatic rings. The lowest BCUT2D eigenvalue weighted by atomic mass is 10.0. The summed E-state index contributed by atoms with van der Waals surface area (Å²) in [6.07, 6.45) is 5.39. The molecule has 0 bridgehead atoms. The molecule has 2 amide bonds. The Morgan fingerprint density at radius 2 is 1.93 bits per heavy atom. The first kappa shape index (κ1) is 20.6. The monoisotopic (exact) mass is 398 g/mol. The second-order valence-corrected chi connectivity index (χ2v) is 6.95. The molecule has 154 valence electrons. The lowest BCUT2D eigenvalue weighted by Gasteiger charge is -2.20. The van der Waals surface area contributed by atoms with Crippen LogP contribution in [0.5, 0.6) is 11.5 Å². The molecule has 1 heterocycles. The van der Waals surface area contributed by atoms with Crippen molar-refractivity contribution in [1.82, 2.24) is 20.6 Å². The number of nitrogens with one attached hydrogen (secondary N) is 2. The topological polar surface area (TPSA) is 102 Å². The Morgan fingerprint density at radius 1 is 1.14 bits per heavy atom. The maximum atomic E-state index is 12.6. The van der Waals surface area contributed by atoms with Crippen LogP contribution in [0.1, 0.15) is 35.4 Å². The Hall–Kier alpha value is -3.16. The first-order chi connectivity index (χ1) is 14.1. The van der Waals surface area contributed by atoms with Gasteiger partial charge in [-0.2, -0.15) is 0 Å². The highest BCUT2D eigenvalue weighted by Crippen LogP contribution is 2.27. The number of aromatic nitrogens is 2. The number of hydrogen-bond acceptors (Lipinski definition) is 6. The predicted octanol–water partition coefficient (Wildman–Crippen LogP) is 1.89. The summed E-state index contributed by atoms with van der Waals surface area (Å²) in [4.78, 5) is 33.1. The molecule has 8 heteroatoms. The average Bonchev–Trinajstić information content (AvgIpc) is 3.20. The van der Waals surface area contributed by atoms with Gasteiger partial charge < -0.3 is 20.1 Å². The first-order valence-electron chi connectivity index (χ1n) is 9.71. The Labute approximate surface area is 170 Å². The summed E-state index contributed by atoms with van der Waals surface area (Å²) in [6.45, 7) is 2.51. The fourth-order valence-electron chi connectivity index (χ4n) is 3.40. The van der Waals surface area contributed by atoms with Gasteiger partial charge in [-0.05, 0) is 31.9 Å². The fourth-order valence-corrected chi connectivity index (χ4v) is 3.40. The number of aryl methyl sites for hydroxylation is 1. The number of amides is 2. The third-order valence-corrected chi connectivity index (χ3v) is 4.91. The maximum Gasteiger partial charge on any atom is 0.271 e. The number of carbonyl (C=O) groups excluding carboxylic acids is 2. The average molecular weight is 398 g/mol. The highest BCUT2D eigenvalue weighted by atomic mass is 16.5. The number of carbonyl (C=O) groups is 2. The molecular weight excluding hydrogens is 372 g/mol. The van der Waals surface area contributed by atoms with E-state index in [0.29, 0.717) is 24.7 Å². The van der Waals surface area contributed by atoms with E-state index in [2.05, 4.69) is 20.6 Å². The summed E-state index contributed by atoms with van der Waals surface area (Å²) in [6, 6.07) is 7.15. The number of rotatable bonds is 8. The van der Waals surface area contributed by atoms with Gasteiger partial charge in [-0.3, -0.25) is 14.6 Å². The Balaban J connectivity index is 1.47. The molecule has 2 atom stereocenters. The van der Waals surface area contributed by atoms with Crippen LogP contribution in [0.3, 0.4) is 0 Å². The molecule has 3 rings (SSSR count). The number of benzene rings is 1. The van der Waals surface area contributed by atoms with E-state index in [9.17, 15) is 9.59 Å². The Kier molecular flexibility index (Phi) is 6.99. The van der Waals surface area contributed by atoms with E-state index in [0.717, 1.165) is 25.0 Å². The molecule has 0 unspecified atom stereocenters. The largest absolute Gasteiger partial charge is 0.493 e. The van der Waals surface area contributed by atoms with Crippen LogP contribution in [-0.2, 0) is 4.79 Å². The van der Waals surface area contributed by atoms with Crippen molar-refractivity contribution in [2.24, 2.45) is 5.92 Å². The van der Waals surface area contributed by atoms with Crippen LogP contribution >= 0.6 is 0 Å². The van der Waals surface area contributed by atoms with Crippen LogP contribution in [-0.4, -0.2) is 48.1 Å². The predicted molar refractivity (Wildman–Crippen MR) is 107 cm³/mol.